The van der Waals surface area contributed by atoms with E-state index in [1.54, 1.807) is 30.3 Å². The Morgan fingerprint density at radius 1 is 1.38 bits per heavy atom. The molecule has 2 unspecified atom stereocenters. The van der Waals surface area contributed by atoms with Crippen molar-refractivity contribution in [3.63, 3.8) is 0 Å². The molecule has 0 heterocycles. The molecule has 0 saturated heterocycles. The molecule has 0 saturated carbocycles. The lowest BCUT2D eigenvalue weighted by Gasteiger charge is -2.16. The topological polar surface area (TPSA) is 83.6 Å². The molecule has 72 valence electrons. The summed E-state index contributed by atoms with van der Waals surface area (Å²) in [6.07, 6.45) is -0.789. The van der Waals surface area contributed by atoms with Crippen LogP contribution in [0.2, 0.25) is 0 Å². The Morgan fingerprint density at radius 2 is 1.92 bits per heavy atom. The summed E-state index contributed by atoms with van der Waals surface area (Å²) < 4.78 is 11.3. The molecule has 0 aromatic heterocycles. The Labute approximate surface area is 76.5 Å². The van der Waals surface area contributed by atoms with Crippen LogP contribution in [-0.4, -0.2) is 16.3 Å². The Balaban J connectivity index is 2.92. The molecule has 2 atom stereocenters. The van der Waals surface area contributed by atoms with Crippen molar-refractivity contribution in [2.24, 2.45) is 5.73 Å². The van der Waals surface area contributed by atoms with Gasteiger partial charge in [0, 0.05) is 0 Å². The van der Waals surface area contributed by atoms with Crippen molar-refractivity contribution in [2.45, 2.75) is 5.78 Å². The van der Waals surface area contributed by atoms with Crippen LogP contribution in [0.5, 0.6) is 0 Å². The van der Waals surface area contributed by atoms with E-state index >= 15 is 0 Å². The summed E-state index contributed by atoms with van der Waals surface area (Å²) in [4.78, 5) is 9.23. The number of hydrogen-bond donors (Lipinski definition) is 3. The predicted octanol–water partition coefficient (Wildman–Crippen LogP) is 0.864. The third kappa shape index (κ3) is 2.39. The monoisotopic (exact) mass is 201 g/mol. The first-order valence-corrected chi connectivity index (χ1v) is 5.72. The minimum absolute atomic E-state index is 0.558. The van der Waals surface area contributed by atoms with Crippen LogP contribution in [0.25, 0.3) is 0 Å². The molecule has 1 aromatic carbocycles. The number of benzene rings is 1. The number of rotatable bonds is 3. The lowest BCUT2D eigenvalue weighted by Crippen LogP contribution is -2.12. The van der Waals surface area contributed by atoms with Crippen LogP contribution in [0.15, 0.2) is 30.3 Å². The third-order valence-electron chi connectivity index (χ3n) is 1.78. The maximum absolute atomic E-state index is 11.3. The summed E-state index contributed by atoms with van der Waals surface area (Å²) in [5.74, 6) is -1.00. The number of hydrogen-bond acceptors (Lipinski definition) is 3. The molecule has 0 aliphatic carbocycles. The van der Waals surface area contributed by atoms with Crippen molar-refractivity contribution in [1.82, 2.24) is 0 Å². The fourth-order valence-corrected chi connectivity index (χ4v) is 1.79. The van der Waals surface area contributed by atoms with E-state index in [2.05, 4.69) is 0 Å². The Morgan fingerprint density at radius 3 is 2.38 bits per heavy atom. The standard InChI is InChI=1S/C8H12NO3P/c9-8(13(11,12)6-10)7-4-2-1-3-5-7/h1-5,8,10H,6,9H2,(H,11,12). The molecule has 0 bridgehead atoms. The minimum atomic E-state index is -3.65. The molecule has 1 rings (SSSR count). The molecule has 0 aliphatic rings. The smallest absolute Gasteiger partial charge is 0.245 e. The highest BCUT2D eigenvalue weighted by Crippen LogP contribution is 2.51. The lowest BCUT2D eigenvalue weighted by atomic mass is 10.2. The van der Waals surface area contributed by atoms with Gasteiger partial charge >= 0.3 is 0 Å². The second-order valence-electron chi connectivity index (χ2n) is 2.75. The largest absolute Gasteiger partial charge is 0.386 e. The van der Waals surface area contributed by atoms with Crippen molar-refractivity contribution in [1.29, 1.82) is 0 Å². The minimum Gasteiger partial charge on any atom is -0.386 e. The second kappa shape index (κ2) is 4.03. The lowest BCUT2D eigenvalue weighted by molar-refractivity contribution is 0.328. The summed E-state index contributed by atoms with van der Waals surface area (Å²) in [6.45, 7) is 0. The second-order valence-corrected chi connectivity index (χ2v) is 5.10. The molecule has 4 nitrogen and oxygen atoms in total. The van der Waals surface area contributed by atoms with Gasteiger partial charge in [-0.2, -0.15) is 0 Å². The predicted molar refractivity (Wildman–Crippen MR) is 50.3 cm³/mol. The Bertz CT molecular complexity index is 314. The van der Waals surface area contributed by atoms with Gasteiger partial charge in [-0.25, -0.2) is 0 Å². The fraction of sp³-hybridized carbons (Fsp3) is 0.250. The zero-order valence-electron chi connectivity index (χ0n) is 7.00. The van der Waals surface area contributed by atoms with E-state index in [1.807, 2.05) is 0 Å². The van der Waals surface area contributed by atoms with Gasteiger partial charge in [0.15, 0.2) is 0 Å². The molecule has 0 spiro atoms. The zero-order valence-corrected chi connectivity index (χ0v) is 7.89. The summed E-state index contributed by atoms with van der Waals surface area (Å²) in [5.41, 5.74) is 6.07. The van der Waals surface area contributed by atoms with Gasteiger partial charge in [0.1, 0.15) is 12.1 Å². The molecule has 0 amide bonds. The normalized spacial score (nSPS) is 17.8. The summed E-state index contributed by atoms with van der Waals surface area (Å²) in [5, 5.41) is 8.63. The molecule has 4 N–H and O–H groups in total. The average molecular weight is 201 g/mol. The highest BCUT2D eigenvalue weighted by molar-refractivity contribution is 7.58. The van der Waals surface area contributed by atoms with Crippen LogP contribution in [0, 0.1) is 0 Å². The fourth-order valence-electron chi connectivity index (χ4n) is 0.971. The first-order chi connectivity index (χ1) is 6.08. The molecular formula is C8H12NO3P. The maximum atomic E-state index is 11.3. The number of aliphatic hydroxyl groups excluding tert-OH is 1. The van der Waals surface area contributed by atoms with Gasteiger partial charge in [-0.3, -0.25) is 4.57 Å². The Hall–Kier alpha value is -0.670. The van der Waals surface area contributed by atoms with Crippen LogP contribution in [0.4, 0.5) is 0 Å². The molecule has 0 aliphatic heterocycles. The third-order valence-corrected chi connectivity index (χ3v) is 3.35. The summed E-state index contributed by atoms with van der Waals surface area (Å²) >= 11 is 0. The average Bonchev–Trinajstić information content (AvgIpc) is 2.18. The molecule has 13 heavy (non-hydrogen) atoms. The highest BCUT2D eigenvalue weighted by Gasteiger charge is 2.27. The van der Waals surface area contributed by atoms with Crippen molar-refractivity contribution in [3.05, 3.63) is 35.9 Å². The molecular weight excluding hydrogens is 189 g/mol. The van der Waals surface area contributed by atoms with E-state index in [4.69, 9.17) is 10.8 Å². The van der Waals surface area contributed by atoms with Gasteiger partial charge in [-0.15, -0.1) is 0 Å². The van der Waals surface area contributed by atoms with Crippen LogP contribution in [0.1, 0.15) is 11.3 Å². The van der Waals surface area contributed by atoms with Gasteiger partial charge < -0.3 is 15.7 Å². The molecule has 5 heteroatoms. The van der Waals surface area contributed by atoms with Crippen molar-refractivity contribution in [3.8, 4) is 0 Å². The molecule has 0 fully saturated rings. The highest BCUT2D eigenvalue weighted by atomic mass is 31.2. The van der Waals surface area contributed by atoms with Crippen LogP contribution >= 0.6 is 7.37 Å². The number of nitrogens with two attached hydrogens (primary N) is 1. The maximum Gasteiger partial charge on any atom is 0.245 e. The summed E-state index contributed by atoms with van der Waals surface area (Å²) in [6, 6.07) is 8.56. The quantitative estimate of drug-likeness (QED) is 0.633. The van der Waals surface area contributed by atoms with E-state index in [0.29, 0.717) is 5.56 Å². The van der Waals surface area contributed by atoms with Crippen LogP contribution in [0.3, 0.4) is 0 Å². The van der Waals surface area contributed by atoms with Gasteiger partial charge in [0.25, 0.3) is 0 Å². The van der Waals surface area contributed by atoms with E-state index in [-0.39, 0.29) is 0 Å². The van der Waals surface area contributed by atoms with Crippen molar-refractivity contribution < 1.29 is 14.6 Å². The van der Waals surface area contributed by atoms with Crippen LogP contribution in [-0.2, 0) is 4.57 Å². The number of aliphatic hydroxyl groups is 1. The van der Waals surface area contributed by atoms with Gasteiger partial charge in [0.05, 0.1) is 0 Å². The molecule has 0 radical (unpaired) electrons. The van der Waals surface area contributed by atoms with E-state index < -0.39 is 19.5 Å². The van der Waals surface area contributed by atoms with Crippen molar-refractivity contribution >= 4 is 7.37 Å². The van der Waals surface area contributed by atoms with E-state index in [0.717, 1.165) is 0 Å². The zero-order chi connectivity index (χ0) is 9.90. The molecule has 1 aromatic rings. The van der Waals surface area contributed by atoms with Crippen molar-refractivity contribution in [2.75, 3.05) is 6.35 Å². The van der Waals surface area contributed by atoms with E-state index in [9.17, 15) is 9.46 Å². The summed E-state index contributed by atoms with van der Waals surface area (Å²) in [7, 11) is -3.65. The van der Waals surface area contributed by atoms with Gasteiger partial charge in [0.2, 0.25) is 7.37 Å². The van der Waals surface area contributed by atoms with Gasteiger partial charge in [-0.1, -0.05) is 30.3 Å². The first kappa shape index (κ1) is 10.4. The van der Waals surface area contributed by atoms with E-state index in [1.165, 1.54) is 0 Å². The first-order valence-electron chi connectivity index (χ1n) is 3.81. The van der Waals surface area contributed by atoms with Crippen LogP contribution < -0.4 is 5.73 Å². The SMILES string of the molecule is NC(c1ccccc1)P(=O)(O)CO. The Kier molecular flexibility index (Phi) is 3.22. The van der Waals surface area contributed by atoms with Gasteiger partial charge in [-0.05, 0) is 5.56 Å².